The van der Waals surface area contributed by atoms with E-state index in [2.05, 4.69) is 6.58 Å². The Kier molecular flexibility index (Phi) is 6.67. The minimum absolute atomic E-state index is 0.109. The Morgan fingerprint density at radius 2 is 1.77 bits per heavy atom. The highest BCUT2D eigenvalue weighted by molar-refractivity contribution is 5.94. The number of carbonyl (C=O) groups is 1. The summed E-state index contributed by atoms with van der Waals surface area (Å²) in [6, 6.07) is 11.1. The van der Waals surface area contributed by atoms with Crippen LogP contribution in [0, 0.1) is 6.92 Å². The Hall–Kier alpha value is -2.95. The Morgan fingerprint density at radius 1 is 1.08 bits per heavy atom. The fourth-order valence-corrected chi connectivity index (χ4v) is 2.65. The van der Waals surface area contributed by atoms with E-state index in [0.717, 1.165) is 16.9 Å². The number of hydrogen-bond donors (Lipinski definition) is 0. The number of ether oxygens (including phenoxy) is 3. The fourth-order valence-electron chi connectivity index (χ4n) is 2.65. The Morgan fingerprint density at radius 3 is 2.42 bits per heavy atom. The van der Waals surface area contributed by atoms with Gasteiger partial charge in [0.05, 0.1) is 14.2 Å². The van der Waals surface area contributed by atoms with Crippen molar-refractivity contribution < 1.29 is 19.0 Å². The van der Waals surface area contributed by atoms with Crippen molar-refractivity contribution in [2.24, 2.45) is 0 Å². The monoisotopic (exact) mass is 355 g/mol. The minimum atomic E-state index is -0.109. The van der Waals surface area contributed by atoms with E-state index in [9.17, 15) is 4.79 Å². The summed E-state index contributed by atoms with van der Waals surface area (Å²) >= 11 is 0. The number of aryl methyl sites for hydroxylation is 1. The number of hydrogen-bond acceptors (Lipinski definition) is 4. The van der Waals surface area contributed by atoms with Gasteiger partial charge in [0, 0.05) is 24.7 Å². The topological polar surface area (TPSA) is 48.0 Å². The molecule has 0 saturated carbocycles. The van der Waals surface area contributed by atoms with Crippen LogP contribution in [0.3, 0.4) is 0 Å². The van der Waals surface area contributed by atoms with Gasteiger partial charge in [0.2, 0.25) is 0 Å². The van der Waals surface area contributed by atoms with Gasteiger partial charge >= 0.3 is 0 Å². The lowest BCUT2D eigenvalue weighted by Crippen LogP contribution is -2.26. The molecule has 0 atom stereocenters. The maximum absolute atomic E-state index is 12.8. The largest absolute Gasteiger partial charge is 0.496 e. The van der Waals surface area contributed by atoms with Gasteiger partial charge < -0.3 is 19.1 Å². The van der Waals surface area contributed by atoms with Crippen molar-refractivity contribution in [3.63, 3.8) is 0 Å². The summed E-state index contributed by atoms with van der Waals surface area (Å²) in [4.78, 5) is 14.4. The molecular weight excluding hydrogens is 330 g/mol. The van der Waals surface area contributed by atoms with E-state index in [0.29, 0.717) is 30.2 Å². The molecule has 5 nitrogen and oxygen atoms in total. The van der Waals surface area contributed by atoms with Crippen molar-refractivity contribution in [3.8, 4) is 17.2 Å². The Labute approximate surface area is 154 Å². The van der Waals surface area contributed by atoms with E-state index in [-0.39, 0.29) is 5.91 Å². The quantitative estimate of drug-likeness (QED) is 0.675. The summed E-state index contributed by atoms with van der Waals surface area (Å²) in [5.74, 6) is 1.74. The summed E-state index contributed by atoms with van der Waals surface area (Å²) in [5.41, 5.74) is 2.61. The van der Waals surface area contributed by atoms with Gasteiger partial charge in [-0.2, -0.15) is 0 Å². The maximum atomic E-state index is 12.8. The number of nitrogens with zero attached hydrogens (tertiary/aromatic N) is 1. The van der Waals surface area contributed by atoms with Crippen LogP contribution in [0.2, 0.25) is 0 Å². The lowest BCUT2D eigenvalue weighted by Gasteiger charge is -2.20. The second kappa shape index (κ2) is 8.94. The molecule has 0 radical (unpaired) electrons. The van der Waals surface area contributed by atoms with Crippen LogP contribution in [0.1, 0.15) is 21.5 Å². The lowest BCUT2D eigenvalue weighted by atomic mass is 10.1. The van der Waals surface area contributed by atoms with Crippen molar-refractivity contribution in [2.45, 2.75) is 13.5 Å². The van der Waals surface area contributed by atoms with Gasteiger partial charge in [-0.3, -0.25) is 4.79 Å². The molecule has 0 aliphatic carbocycles. The van der Waals surface area contributed by atoms with Crippen LogP contribution in [0.15, 0.2) is 49.1 Å². The van der Waals surface area contributed by atoms with Gasteiger partial charge in [-0.25, -0.2) is 0 Å². The molecule has 1 amide bonds. The zero-order valence-electron chi connectivity index (χ0n) is 15.7. The number of amides is 1. The van der Waals surface area contributed by atoms with Crippen LogP contribution in [-0.2, 0) is 6.54 Å². The zero-order chi connectivity index (χ0) is 19.1. The highest BCUT2D eigenvalue weighted by atomic mass is 16.5. The van der Waals surface area contributed by atoms with E-state index in [4.69, 9.17) is 14.2 Å². The number of methoxy groups -OCH3 is 2. The van der Waals surface area contributed by atoms with Crippen LogP contribution >= 0.6 is 0 Å². The first-order valence-electron chi connectivity index (χ1n) is 8.30. The van der Waals surface area contributed by atoms with Gasteiger partial charge in [0.25, 0.3) is 5.91 Å². The number of carbonyl (C=O) groups excluding carboxylic acids is 1. The van der Waals surface area contributed by atoms with E-state index < -0.39 is 0 Å². The predicted octanol–water partition coefficient (Wildman–Crippen LogP) is 3.85. The van der Waals surface area contributed by atoms with E-state index >= 15 is 0 Å². The first-order chi connectivity index (χ1) is 12.5. The standard InChI is InChI=1S/C21H25NO4/c1-6-11-26-19-10-8-16(13-20(19)25-5)21(23)22(3)14-17-12-15(2)7-9-18(17)24-4/h6-10,12-13H,1,11,14H2,2-5H3. The van der Waals surface area contributed by atoms with Gasteiger partial charge in [0.1, 0.15) is 12.4 Å². The highest BCUT2D eigenvalue weighted by Crippen LogP contribution is 2.29. The van der Waals surface area contributed by atoms with E-state index in [1.807, 2.05) is 25.1 Å². The Bertz CT molecular complexity index is 786. The maximum Gasteiger partial charge on any atom is 0.254 e. The highest BCUT2D eigenvalue weighted by Gasteiger charge is 2.16. The van der Waals surface area contributed by atoms with Gasteiger partial charge in [-0.1, -0.05) is 30.4 Å². The molecule has 0 saturated heterocycles. The molecule has 26 heavy (non-hydrogen) atoms. The van der Waals surface area contributed by atoms with Crippen LogP contribution in [0.25, 0.3) is 0 Å². The third-order valence-corrected chi connectivity index (χ3v) is 3.96. The van der Waals surface area contributed by atoms with Crippen molar-refractivity contribution in [1.29, 1.82) is 0 Å². The summed E-state index contributed by atoms with van der Waals surface area (Å²) in [5, 5.41) is 0. The molecule has 0 fully saturated rings. The van der Waals surface area contributed by atoms with Crippen molar-refractivity contribution in [1.82, 2.24) is 4.90 Å². The van der Waals surface area contributed by atoms with Crippen molar-refractivity contribution >= 4 is 5.91 Å². The molecule has 0 aromatic heterocycles. The summed E-state index contributed by atoms with van der Waals surface area (Å²) in [6.07, 6.45) is 1.65. The zero-order valence-corrected chi connectivity index (χ0v) is 15.7. The molecule has 2 aromatic carbocycles. The van der Waals surface area contributed by atoms with Crippen LogP contribution in [0.4, 0.5) is 0 Å². The fraction of sp³-hybridized carbons (Fsp3) is 0.286. The molecule has 138 valence electrons. The third-order valence-electron chi connectivity index (χ3n) is 3.96. The van der Waals surface area contributed by atoms with Crippen molar-refractivity contribution in [2.75, 3.05) is 27.9 Å². The van der Waals surface area contributed by atoms with E-state index in [1.165, 1.54) is 0 Å². The second-order valence-corrected chi connectivity index (χ2v) is 5.94. The average Bonchev–Trinajstić information content (AvgIpc) is 2.65. The molecule has 0 N–H and O–H groups in total. The van der Waals surface area contributed by atoms with Gasteiger partial charge in [0.15, 0.2) is 11.5 Å². The minimum Gasteiger partial charge on any atom is -0.496 e. The molecule has 0 spiro atoms. The summed E-state index contributed by atoms with van der Waals surface area (Å²) in [6.45, 7) is 6.45. The second-order valence-electron chi connectivity index (χ2n) is 5.94. The smallest absolute Gasteiger partial charge is 0.254 e. The van der Waals surface area contributed by atoms with Gasteiger partial charge in [-0.15, -0.1) is 0 Å². The van der Waals surface area contributed by atoms with Crippen LogP contribution in [-0.4, -0.2) is 38.7 Å². The summed E-state index contributed by atoms with van der Waals surface area (Å²) < 4.78 is 16.3. The Balaban J connectivity index is 2.20. The number of benzene rings is 2. The lowest BCUT2D eigenvalue weighted by molar-refractivity contribution is 0.0783. The molecule has 0 heterocycles. The molecule has 0 unspecified atom stereocenters. The molecular formula is C21H25NO4. The summed E-state index contributed by atoms with van der Waals surface area (Å²) in [7, 11) is 4.94. The molecule has 0 aliphatic rings. The van der Waals surface area contributed by atoms with Gasteiger partial charge in [-0.05, 0) is 31.2 Å². The normalized spacial score (nSPS) is 10.2. The number of rotatable bonds is 8. The first-order valence-corrected chi connectivity index (χ1v) is 8.30. The first kappa shape index (κ1) is 19.4. The molecule has 0 aliphatic heterocycles. The third kappa shape index (κ3) is 4.57. The molecule has 2 aromatic rings. The SMILES string of the molecule is C=CCOc1ccc(C(=O)N(C)Cc2cc(C)ccc2OC)cc1OC. The van der Waals surface area contributed by atoms with E-state index in [1.54, 1.807) is 50.4 Å². The molecule has 2 rings (SSSR count). The molecule has 5 heteroatoms. The van der Waals surface area contributed by atoms with Crippen molar-refractivity contribution in [3.05, 3.63) is 65.7 Å². The van der Waals surface area contributed by atoms with Crippen LogP contribution < -0.4 is 14.2 Å². The molecule has 0 bridgehead atoms. The predicted molar refractivity (Wildman–Crippen MR) is 102 cm³/mol. The van der Waals surface area contributed by atoms with Crippen LogP contribution in [0.5, 0.6) is 17.2 Å². The average molecular weight is 355 g/mol.